The minimum atomic E-state index is 0.814. The molecular weight excluding hydrogens is 344 g/mol. The molecule has 136 valence electrons. The van der Waals surface area contributed by atoms with E-state index < -0.39 is 0 Å². The van der Waals surface area contributed by atoms with Gasteiger partial charge in [-0.05, 0) is 11.6 Å². The van der Waals surface area contributed by atoms with Crippen LogP contribution in [0.4, 0.5) is 0 Å². The lowest BCUT2D eigenvalue weighted by molar-refractivity contribution is 0.0938. The normalized spacial score (nSPS) is 16.3. The Morgan fingerprint density at radius 1 is 1.08 bits per heavy atom. The molecule has 0 bridgehead atoms. The topological polar surface area (TPSA) is 41.5 Å². The van der Waals surface area contributed by atoms with Crippen molar-refractivity contribution in [2.75, 3.05) is 46.4 Å². The zero-order valence-corrected chi connectivity index (χ0v) is 15.9. The van der Waals surface area contributed by atoms with Crippen LogP contribution >= 0.6 is 11.3 Å². The Labute approximate surface area is 158 Å². The molecule has 5 nitrogen and oxygen atoms in total. The predicted octanol–water partition coefficient (Wildman–Crippen LogP) is 3.12. The van der Waals surface area contributed by atoms with Crippen molar-refractivity contribution >= 4 is 21.7 Å². The number of pyridine rings is 1. The maximum absolute atomic E-state index is 5.17. The molecule has 0 amide bonds. The molecule has 0 saturated carbocycles. The lowest BCUT2D eigenvalue weighted by Crippen LogP contribution is -2.46. The number of hydrogen-bond acceptors (Lipinski definition) is 6. The van der Waals surface area contributed by atoms with Gasteiger partial charge < -0.3 is 4.74 Å². The monoisotopic (exact) mass is 368 g/mol. The summed E-state index contributed by atoms with van der Waals surface area (Å²) in [6.45, 7) is 7.18. The summed E-state index contributed by atoms with van der Waals surface area (Å²) in [7, 11) is 1.76. The van der Waals surface area contributed by atoms with E-state index in [-0.39, 0.29) is 0 Å². The zero-order chi connectivity index (χ0) is 17.8. The molecule has 3 heterocycles. The fraction of sp³-hybridized carbons (Fsp3) is 0.400. The Hall–Kier alpha value is -1.86. The zero-order valence-electron chi connectivity index (χ0n) is 15.1. The third-order valence-electron chi connectivity index (χ3n) is 4.81. The molecule has 0 spiro atoms. The highest BCUT2D eigenvalue weighted by Crippen LogP contribution is 2.29. The average Bonchev–Trinajstić information content (AvgIpc) is 3.12. The quantitative estimate of drug-likeness (QED) is 0.669. The van der Waals surface area contributed by atoms with E-state index >= 15 is 0 Å². The number of piperazine rings is 1. The first-order chi connectivity index (χ1) is 12.8. The van der Waals surface area contributed by atoms with Crippen molar-refractivity contribution in [1.82, 2.24) is 19.8 Å². The van der Waals surface area contributed by atoms with E-state index in [0.717, 1.165) is 66.8 Å². The standard InChI is InChI=1S/C20H24N4OS/c1-25-12-11-23-7-9-24(10-8-23)15-16-13-18-20(21-14-16)26-19(22-18)17-5-3-2-4-6-17/h2-6,13-14H,7-12,15H2,1H3. The lowest BCUT2D eigenvalue weighted by atomic mass is 10.2. The van der Waals surface area contributed by atoms with Crippen LogP contribution in [0.5, 0.6) is 0 Å². The number of nitrogens with zero attached hydrogens (tertiary/aromatic N) is 4. The van der Waals surface area contributed by atoms with E-state index in [0.29, 0.717) is 0 Å². The van der Waals surface area contributed by atoms with Gasteiger partial charge in [0, 0.05) is 58.1 Å². The van der Waals surface area contributed by atoms with Crippen LogP contribution in [0.15, 0.2) is 42.6 Å². The second kappa shape index (κ2) is 8.22. The fourth-order valence-electron chi connectivity index (χ4n) is 3.31. The van der Waals surface area contributed by atoms with Gasteiger partial charge in [0.05, 0.1) is 6.61 Å². The minimum Gasteiger partial charge on any atom is -0.383 e. The molecule has 0 aliphatic carbocycles. The van der Waals surface area contributed by atoms with Crippen molar-refractivity contribution in [2.45, 2.75) is 6.54 Å². The molecule has 0 atom stereocenters. The maximum atomic E-state index is 5.17. The largest absolute Gasteiger partial charge is 0.383 e. The number of fused-ring (bicyclic) bond motifs is 1. The Morgan fingerprint density at radius 3 is 2.62 bits per heavy atom. The number of aromatic nitrogens is 2. The first-order valence-electron chi connectivity index (χ1n) is 9.06. The van der Waals surface area contributed by atoms with Gasteiger partial charge in [-0.1, -0.05) is 41.7 Å². The van der Waals surface area contributed by atoms with Gasteiger partial charge in [0.15, 0.2) is 0 Å². The number of methoxy groups -OCH3 is 1. The molecule has 1 aliphatic heterocycles. The van der Waals surface area contributed by atoms with Crippen molar-refractivity contribution < 1.29 is 4.74 Å². The second-order valence-corrected chi connectivity index (χ2v) is 7.64. The minimum absolute atomic E-state index is 0.814. The number of hydrogen-bond donors (Lipinski definition) is 0. The smallest absolute Gasteiger partial charge is 0.143 e. The van der Waals surface area contributed by atoms with E-state index in [9.17, 15) is 0 Å². The molecule has 4 rings (SSSR count). The van der Waals surface area contributed by atoms with E-state index in [1.165, 1.54) is 5.56 Å². The summed E-state index contributed by atoms with van der Waals surface area (Å²) in [6, 6.07) is 12.5. The summed E-state index contributed by atoms with van der Waals surface area (Å²) in [5.41, 5.74) is 3.40. The molecular formula is C20H24N4OS. The van der Waals surface area contributed by atoms with Gasteiger partial charge in [0.25, 0.3) is 0 Å². The Bertz CT molecular complexity index is 843. The molecule has 1 aliphatic rings. The molecule has 0 N–H and O–H groups in total. The first kappa shape index (κ1) is 17.5. The third kappa shape index (κ3) is 4.10. The summed E-state index contributed by atoms with van der Waals surface area (Å²) >= 11 is 1.66. The molecule has 1 saturated heterocycles. The molecule has 0 radical (unpaired) electrons. The van der Waals surface area contributed by atoms with Crippen molar-refractivity contribution in [1.29, 1.82) is 0 Å². The van der Waals surface area contributed by atoms with Crippen LogP contribution in [0.3, 0.4) is 0 Å². The van der Waals surface area contributed by atoms with Crippen molar-refractivity contribution in [3.63, 3.8) is 0 Å². The lowest BCUT2D eigenvalue weighted by Gasteiger charge is -2.34. The highest BCUT2D eigenvalue weighted by atomic mass is 32.1. The highest BCUT2D eigenvalue weighted by Gasteiger charge is 2.17. The van der Waals surface area contributed by atoms with Crippen LogP contribution in [0.2, 0.25) is 0 Å². The number of thiazole rings is 1. The van der Waals surface area contributed by atoms with Gasteiger partial charge in [-0.3, -0.25) is 9.80 Å². The van der Waals surface area contributed by atoms with E-state index in [4.69, 9.17) is 9.72 Å². The van der Waals surface area contributed by atoms with Crippen molar-refractivity contribution in [3.8, 4) is 10.6 Å². The van der Waals surface area contributed by atoms with Crippen LogP contribution in [-0.4, -0.2) is 66.2 Å². The van der Waals surface area contributed by atoms with Gasteiger partial charge in [-0.25, -0.2) is 9.97 Å². The maximum Gasteiger partial charge on any atom is 0.143 e. The number of ether oxygens (including phenoxy) is 1. The summed E-state index contributed by atoms with van der Waals surface area (Å²) in [5, 5.41) is 1.04. The van der Waals surface area contributed by atoms with E-state index in [1.807, 2.05) is 24.4 Å². The molecule has 1 aromatic carbocycles. The molecule has 3 aromatic rings. The summed E-state index contributed by atoms with van der Waals surface area (Å²) in [5.74, 6) is 0. The van der Waals surface area contributed by atoms with Crippen LogP contribution in [0, 0.1) is 0 Å². The van der Waals surface area contributed by atoms with Crippen LogP contribution in [0.1, 0.15) is 5.56 Å². The van der Waals surface area contributed by atoms with E-state index in [1.54, 1.807) is 18.4 Å². The van der Waals surface area contributed by atoms with Crippen LogP contribution in [0.25, 0.3) is 20.9 Å². The van der Waals surface area contributed by atoms with E-state index in [2.05, 4.69) is 33.0 Å². The van der Waals surface area contributed by atoms with Crippen molar-refractivity contribution in [3.05, 3.63) is 48.2 Å². The fourth-order valence-corrected chi connectivity index (χ4v) is 4.20. The number of rotatable bonds is 6. The highest BCUT2D eigenvalue weighted by molar-refractivity contribution is 7.21. The molecule has 1 fully saturated rings. The SMILES string of the molecule is COCCN1CCN(Cc2cnc3sc(-c4ccccc4)nc3c2)CC1. The third-order valence-corrected chi connectivity index (χ3v) is 5.84. The van der Waals surface area contributed by atoms with Gasteiger partial charge in [-0.15, -0.1) is 0 Å². The molecule has 6 heteroatoms. The average molecular weight is 369 g/mol. The Morgan fingerprint density at radius 2 is 1.85 bits per heavy atom. The summed E-state index contributed by atoms with van der Waals surface area (Å²) < 4.78 is 5.17. The Balaban J connectivity index is 1.42. The van der Waals surface area contributed by atoms with Crippen LogP contribution in [-0.2, 0) is 11.3 Å². The number of benzene rings is 1. The van der Waals surface area contributed by atoms with Crippen molar-refractivity contribution in [2.24, 2.45) is 0 Å². The van der Waals surface area contributed by atoms with Gasteiger partial charge in [0.2, 0.25) is 0 Å². The summed E-state index contributed by atoms with van der Waals surface area (Å²) in [4.78, 5) is 15.4. The first-order valence-corrected chi connectivity index (χ1v) is 9.88. The Kier molecular flexibility index (Phi) is 5.55. The van der Waals surface area contributed by atoms with Gasteiger partial charge >= 0.3 is 0 Å². The molecule has 2 aromatic heterocycles. The summed E-state index contributed by atoms with van der Waals surface area (Å²) in [6.07, 6.45) is 2.01. The van der Waals surface area contributed by atoms with Gasteiger partial charge in [-0.2, -0.15) is 0 Å². The van der Waals surface area contributed by atoms with Gasteiger partial charge in [0.1, 0.15) is 15.4 Å². The second-order valence-electron chi connectivity index (χ2n) is 6.66. The van der Waals surface area contributed by atoms with Crippen LogP contribution < -0.4 is 0 Å². The molecule has 0 unspecified atom stereocenters. The predicted molar refractivity (Wildman–Crippen MR) is 106 cm³/mol. The molecule has 26 heavy (non-hydrogen) atoms.